The van der Waals surface area contributed by atoms with Crippen LogP contribution in [0.15, 0.2) is 0 Å². The van der Waals surface area contributed by atoms with Gasteiger partial charge in [-0.1, -0.05) is 47.5 Å². The fourth-order valence-corrected chi connectivity index (χ4v) is 3.11. The second-order valence-electron chi connectivity index (χ2n) is 5.27. The van der Waals surface area contributed by atoms with Crippen molar-refractivity contribution in [1.82, 2.24) is 0 Å². The van der Waals surface area contributed by atoms with E-state index in [1.54, 1.807) is 0 Å². The van der Waals surface area contributed by atoms with Crippen LogP contribution < -0.4 is 0 Å². The van der Waals surface area contributed by atoms with Gasteiger partial charge in [0.1, 0.15) is 0 Å². The molecule has 13 heavy (non-hydrogen) atoms. The minimum absolute atomic E-state index is 0.908. The van der Waals surface area contributed by atoms with Gasteiger partial charge in [0.2, 0.25) is 0 Å². The molecule has 1 fully saturated rings. The van der Waals surface area contributed by atoms with Gasteiger partial charge < -0.3 is 0 Å². The highest BCUT2D eigenvalue weighted by Crippen LogP contribution is 2.50. The zero-order chi connectivity index (χ0) is 10.0. The van der Waals surface area contributed by atoms with Crippen LogP contribution in [0.5, 0.6) is 0 Å². The lowest BCUT2D eigenvalue weighted by Gasteiger charge is -2.50. The van der Waals surface area contributed by atoms with Crippen LogP contribution in [0, 0.1) is 29.6 Å². The van der Waals surface area contributed by atoms with Gasteiger partial charge in [-0.15, -0.1) is 0 Å². The van der Waals surface area contributed by atoms with Crippen molar-refractivity contribution in [3.8, 4) is 0 Å². The summed E-state index contributed by atoms with van der Waals surface area (Å²) in [5, 5.41) is 0. The third-order valence-corrected chi connectivity index (χ3v) is 4.35. The van der Waals surface area contributed by atoms with E-state index in [0.717, 1.165) is 29.6 Å². The predicted octanol–water partition coefficient (Wildman–Crippen LogP) is 4.35. The van der Waals surface area contributed by atoms with E-state index < -0.39 is 0 Å². The Morgan fingerprint density at radius 2 is 1.69 bits per heavy atom. The third kappa shape index (κ3) is 2.08. The third-order valence-electron chi connectivity index (χ3n) is 4.35. The molecule has 4 atom stereocenters. The van der Waals surface area contributed by atoms with Crippen molar-refractivity contribution >= 4 is 0 Å². The van der Waals surface area contributed by atoms with Gasteiger partial charge in [0.15, 0.2) is 0 Å². The Hall–Kier alpha value is 0. The van der Waals surface area contributed by atoms with Crippen molar-refractivity contribution in [2.45, 2.75) is 53.9 Å². The van der Waals surface area contributed by atoms with Gasteiger partial charge in [0.05, 0.1) is 0 Å². The molecule has 0 spiro atoms. The molecule has 1 rings (SSSR count). The number of rotatable bonds is 4. The SMILES string of the molecule is CCC(C)C1CC(C(C)C)C1CC. The average molecular weight is 182 g/mol. The molecule has 0 amide bonds. The Bertz CT molecular complexity index is 148. The monoisotopic (exact) mass is 182 g/mol. The summed E-state index contributed by atoms with van der Waals surface area (Å²) in [7, 11) is 0. The van der Waals surface area contributed by atoms with Crippen LogP contribution in [0.1, 0.15) is 53.9 Å². The fourth-order valence-electron chi connectivity index (χ4n) is 3.11. The minimum Gasteiger partial charge on any atom is -0.0651 e. The predicted molar refractivity (Wildman–Crippen MR) is 59.7 cm³/mol. The molecule has 0 aliphatic heterocycles. The summed E-state index contributed by atoms with van der Waals surface area (Å²) in [6.07, 6.45) is 4.27. The van der Waals surface area contributed by atoms with Gasteiger partial charge in [-0.25, -0.2) is 0 Å². The quantitative estimate of drug-likeness (QED) is 0.606. The summed E-state index contributed by atoms with van der Waals surface area (Å²) < 4.78 is 0. The maximum Gasteiger partial charge on any atom is -0.0355 e. The number of hydrogen-bond acceptors (Lipinski definition) is 0. The standard InChI is InChI=1S/C13H26/c1-6-10(5)13-8-12(9(3)4)11(13)7-2/h9-13H,6-8H2,1-5H3. The highest BCUT2D eigenvalue weighted by atomic mass is 14.5. The maximum absolute atomic E-state index is 2.43. The van der Waals surface area contributed by atoms with E-state index >= 15 is 0 Å². The normalized spacial score (nSPS) is 36.0. The van der Waals surface area contributed by atoms with E-state index in [2.05, 4.69) is 34.6 Å². The summed E-state index contributed by atoms with van der Waals surface area (Å²) in [6, 6.07) is 0. The molecule has 0 aromatic rings. The maximum atomic E-state index is 2.43. The molecule has 1 saturated carbocycles. The molecule has 0 heteroatoms. The number of hydrogen-bond donors (Lipinski definition) is 0. The molecular weight excluding hydrogens is 156 g/mol. The van der Waals surface area contributed by atoms with E-state index in [9.17, 15) is 0 Å². The van der Waals surface area contributed by atoms with Crippen molar-refractivity contribution in [3.63, 3.8) is 0 Å². The molecule has 0 bridgehead atoms. The first-order chi connectivity index (χ1) is 6.11. The second-order valence-corrected chi connectivity index (χ2v) is 5.27. The summed E-state index contributed by atoms with van der Waals surface area (Å²) in [5.74, 6) is 4.98. The van der Waals surface area contributed by atoms with Crippen molar-refractivity contribution in [3.05, 3.63) is 0 Å². The van der Waals surface area contributed by atoms with Crippen LogP contribution in [-0.4, -0.2) is 0 Å². The van der Waals surface area contributed by atoms with Gasteiger partial charge >= 0.3 is 0 Å². The van der Waals surface area contributed by atoms with Gasteiger partial charge in [-0.3, -0.25) is 0 Å². The molecule has 78 valence electrons. The lowest BCUT2D eigenvalue weighted by atomic mass is 9.56. The van der Waals surface area contributed by atoms with E-state index in [4.69, 9.17) is 0 Å². The molecule has 4 unspecified atom stereocenters. The van der Waals surface area contributed by atoms with E-state index in [1.165, 1.54) is 19.3 Å². The van der Waals surface area contributed by atoms with E-state index in [-0.39, 0.29) is 0 Å². The first-order valence-electron chi connectivity index (χ1n) is 6.11. The molecule has 0 saturated heterocycles. The fraction of sp³-hybridized carbons (Fsp3) is 1.00. The summed E-state index contributed by atoms with van der Waals surface area (Å²) in [5.41, 5.74) is 0. The Morgan fingerprint density at radius 3 is 2.08 bits per heavy atom. The summed E-state index contributed by atoms with van der Waals surface area (Å²) in [6.45, 7) is 11.9. The molecule has 0 radical (unpaired) electrons. The van der Waals surface area contributed by atoms with E-state index in [0.29, 0.717) is 0 Å². The lowest BCUT2D eigenvalue weighted by Crippen LogP contribution is -2.42. The second kappa shape index (κ2) is 4.48. The van der Waals surface area contributed by atoms with Crippen LogP contribution in [0.4, 0.5) is 0 Å². The minimum atomic E-state index is 0.908. The van der Waals surface area contributed by atoms with Crippen LogP contribution in [0.3, 0.4) is 0 Å². The molecule has 0 nitrogen and oxygen atoms in total. The Balaban J connectivity index is 2.47. The molecule has 0 aromatic heterocycles. The van der Waals surface area contributed by atoms with Crippen molar-refractivity contribution in [2.24, 2.45) is 29.6 Å². The van der Waals surface area contributed by atoms with E-state index in [1.807, 2.05) is 0 Å². The molecule has 0 heterocycles. The van der Waals surface area contributed by atoms with Crippen molar-refractivity contribution in [1.29, 1.82) is 0 Å². The van der Waals surface area contributed by atoms with Crippen molar-refractivity contribution in [2.75, 3.05) is 0 Å². The Kier molecular flexibility index (Phi) is 3.82. The van der Waals surface area contributed by atoms with Gasteiger partial charge in [-0.05, 0) is 36.0 Å². The summed E-state index contributed by atoms with van der Waals surface area (Å²) in [4.78, 5) is 0. The van der Waals surface area contributed by atoms with Crippen LogP contribution in [0.25, 0.3) is 0 Å². The van der Waals surface area contributed by atoms with Gasteiger partial charge in [0.25, 0.3) is 0 Å². The lowest BCUT2D eigenvalue weighted by molar-refractivity contribution is -0.00441. The largest absolute Gasteiger partial charge is 0.0651 e. The zero-order valence-electron chi connectivity index (χ0n) is 10.0. The molecule has 0 aromatic carbocycles. The van der Waals surface area contributed by atoms with Crippen LogP contribution in [-0.2, 0) is 0 Å². The Morgan fingerprint density at radius 1 is 1.08 bits per heavy atom. The summed E-state index contributed by atoms with van der Waals surface area (Å²) >= 11 is 0. The molecule has 0 N–H and O–H groups in total. The Labute approximate surface area is 84.1 Å². The topological polar surface area (TPSA) is 0 Å². The highest BCUT2D eigenvalue weighted by Gasteiger charge is 2.42. The van der Waals surface area contributed by atoms with Gasteiger partial charge in [-0.2, -0.15) is 0 Å². The highest BCUT2D eigenvalue weighted by molar-refractivity contribution is 4.91. The van der Waals surface area contributed by atoms with Gasteiger partial charge in [0, 0.05) is 0 Å². The first-order valence-corrected chi connectivity index (χ1v) is 6.11. The first kappa shape index (κ1) is 11.1. The molecule has 1 aliphatic carbocycles. The smallest absolute Gasteiger partial charge is 0.0355 e. The molecular formula is C13H26. The average Bonchev–Trinajstić information content (AvgIpc) is 2.02. The van der Waals surface area contributed by atoms with Crippen LogP contribution in [0.2, 0.25) is 0 Å². The molecule has 1 aliphatic rings. The van der Waals surface area contributed by atoms with Crippen LogP contribution >= 0.6 is 0 Å². The van der Waals surface area contributed by atoms with Crippen molar-refractivity contribution < 1.29 is 0 Å². The zero-order valence-corrected chi connectivity index (χ0v) is 10.0.